The van der Waals surface area contributed by atoms with Crippen molar-refractivity contribution < 1.29 is 4.79 Å². The van der Waals surface area contributed by atoms with Crippen LogP contribution in [0.5, 0.6) is 0 Å². The zero-order chi connectivity index (χ0) is 23.8. The lowest BCUT2D eigenvalue weighted by Gasteiger charge is -2.34. The van der Waals surface area contributed by atoms with E-state index in [2.05, 4.69) is 78.1 Å². The van der Waals surface area contributed by atoms with Crippen LogP contribution in [0.2, 0.25) is 5.02 Å². The molecule has 0 spiro atoms. The molecule has 1 aliphatic carbocycles. The summed E-state index contributed by atoms with van der Waals surface area (Å²) in [6.45, 7) is 4.00. The Balaban J connectivity index is 1.74. The van der Waals surface area contributed by atoms with Crippen LogP contribution in [0, 0.1) is 13.8 Å². The smallest absolute Gasteiger partial charge is 0.269 e. The first-order chi connectivity index (χ1) is 16.5. The van der Waals surface area contributed by atoms with Gasteiger partial charge in [0.1, 0.15) is 23.2 Å². The van der Waals surface area contributed by atoms with Crippen LogP contribution in [-0.2, 0) is 4.79 Å². The SMILES string of the molecule is Cc1cc(Cl)cc(C)c1NC(=O)C1([P+](c2ccccc2)(c2ccccc2)c2ccccc2)CC1. The standard InChI is InChI=1S/C30H27ClNOP/c1-22-20-24(31)21-23(2)28(22)32-29(33)30(18-19-30)34(25-12-6-3-7-13-25,26-14-8-4-9-15-26)27-16-10-5-11-17-27/h3-17,20-21H,18-19H2,1-2H3/p+1. The summed E-state index contributed by atoms with van der Waals surface area (Å²) in [7, 11) is -2.32. The van der Waals surface area contributed by atoms with E-state index in [0.29, 0.717) is 5.02 Å². The number of carbonyl (C=O) groups excluding carboxylic acids is 1. The van der Waals surface area contributed by atoms with Crippen LogP contribution in [0.3, 0.4) is 0 Å². The molecule has 5 rings (SSSR count). The predicted molar refractivity (Wildman–Crippen MR) is 147 cm³/mol. The summed E-state index contributed by atoms with van der Waals surface area (Å²) in [6.07, 6.45) is 1.72. The van der Waals surface area contributed by atoms with Crippen LogP contribution < -0.4 is 21.2 Å². The monoisotopic (exact) mass is 484 g/mol. The maximum absolute atomic E-state index is 14.3. The Labute approximate surface area is 207 Å². The maximum Gasteiger partial charge on any atom is 0.269 e. The molecule has 1 aliphatic rings. The van der Waals surface area contributed by atoms with E-state index in [1.54, 1.807) is 0 Å². The highest BCUT2D eigenvalue weighted by Crippen LogP contribution is 2.75. The van der Waals surface area contributed by atoms with Crippen molar-refractivity contribution in [2.24, 2.45) is 0 Å². The molecule has 1 fully saturated rings. The number of carbonyl (C=O) groups is 1. The number of halogens is 1. The van der Waals surface area contributed by atoms with E-state index < -0.39 is 12.4 Å². The fraction of sp³-hybridized carbons (Fsp3) is 0.167. The molecule has 4 aromatic rings. The van der Waals surface area contributed by atoms with Crippen LogP contribution >= 0.6 is 18.9 Å². The van der Waals surface area contributed by atoms with Crippen molar-refractivity contribution in [2.75, 3.05) is 5.32 Å². The third-order valence-corrected chi connectivity index (χ3v) is 12.3. The van der Waals surface area contributed by atoms with Crippen molar-refractivity contribution in [3.63, 3.8) is 0 Å². The topological polar surface area (TPSA) is 29.1 Å². The second-order valence-corrected chi connectivity index (χ2v) is 13.3. The zero-order valence-electron chi connectivity index (χ0n) is 19.5. The highest BCUT2D eigenvalue weighted by molar-refractivity contribution is 7.97. The van der Waals surface area contributed by atoms with Gasteiger partial charge < -0.3 is 5.32 Å². The fourth-order valence-corrected chi connectivity index (χ4v) is 11.0. The lowest BCUT2D eigenvalue weighted by Crippen LogP contribution is -2.46. The highest BCUT2D eigenvalue weighted by atomic mass is 35.5. The molecule has 4 heteroatoms. The Bertz CT molecular complexity index is 1200. The molecule has 0 heterocycles. The molecule has 0 radical (unpaired) electrons. The molecule has 0 bridgehead atoms. The van der Waals surface area contributed by atoms with Crippen molar-refractivity contribution in [3.8, 4) is 0 Å². The maximum atomic E-state index is 14.3. The second-order valence-electron chi connectivity index (χ2n) is 9.08. The summed E-state index contributed by atoms with van der Waals surface area (Å²) in [6, 6.07) is 35.8. The fourth-order valence-electron chi connectivity index (χ4n) is 5.31. The molecule has 2 nitrogen and oxygen atoms in total. The number of hydrogen-bond acceptors (Lipinski definition) is 1. The van der Waals surface area contributed by atoms with Crippen LogP contribution in [-0.4, -0.2) is 11.1 Å². The Hall–Kier alpha value is -2.93. The minimum absolute atomic E-state index is 0.103. The predicted octanol–water partition coefficient (Wildman–Crippen LogP) is 6.42. The number of amides is 1. The van der Waals surface area contributed by atoms with Gasteiger partial charge in [0.15, 0.2) is 5.16 Å². The first-order valence-electron chi connectivity index (χ1n) is 11.6. The summed E-state index contributed by atoms with van der Waals surface area (Å²) in [5.41, 5.74) is 2.84. The van der Waals surface area contributed by atoms with E-state index in [1.807, 2.05) is 44.2 Å². The van der Waals surface area contributed by atoms with Crippen molar-refractivity contribution in [1.29, 1.82) is 0 Å². The van der Waals surface area contributed by atoms with Crippen LogP contribution in [0.25, 0.3) is 0 Å². The van der Waals surface area contributed by atoms with Crippen molar-refractivity contribution >= 4 is 46.4 Å². The number of nitrogens with one attached hydrogen (secondary N) is 1. The normalized spacial score (nSPS) is 14.4. The van der Waals surface area contributed by atoms with Gasteiger partial charge in [-0.2, -0.15) is 0 Å². The molecular formula is C30H28ClNOP+. The van der Waals surface area contributed by atoms with E-state index >= 15 is 0 Å². The van der Waals surface area contributed by atoms with Gasteiger partial charge in [0.2, 0.25) is 0 Å². The molecule has 1 saturated carbocycles. The number of rotatable bonds is 6. The minimum Gasteiger partial charge on any atom is -0.322 e. The van der Waals surface area contributed by atoms with E-state index in [0.717, 1.165) is 29.7 Å². The van der Waals surface area contributed by atoms with Gasteiger partial charge in [-0.3, -0.25) is 4.79 Å². The molecule has 0 unspecified atom stereocenters. The van der Waals surface area contributed by atoms with Crippen LogP contribution in [0.1, 0.15) is 24.0 Å². The van der Waals surface area contributed by atoms with Crippen molar-refractivity contribution in [3.05, 3.63) is 119 Å². The summed E-state index contributed by atoms with van der Waals surface area (Å²) < 4.78 is 0. The van der Waals surface area contributed by atoms with E-state index in [-0.39, 0.29) is 5.91 Å². The van der Waals surface area contributed by atoms with Crippen LogP contribution in [0.15, 0.2) is 103 Å². The number of aryl methyl sites for hydroxylation is 2. The van der Waals surface area contributed by atoms with Gasteiger partial charge in [-0.1, -0.05) is 66.2 Å². The number of anilines is 1. The lowest BCUT2D eigenvalue weighted by molar-refractivity contribution is -0.116. The third-order valence-electron chi connectivity index (χ3n) is 6.95. The van der Waals surface area contributed by atoms with Gasteiger partial charge in [0, 0.05) is 23.6 Å². The molecule has 4 aromatic carbocycles. The minimum atomic E-state index is -2.32. The number of hydrogen-bond donors (Lipinski definition) is 1. The average molecular weight is 485 g/mol. The van der Waals surface area contributed by atoms with Crippen molar-refractivity contribution in [1.82, 2.24) is 0 Å². The molecule has 0 atom stereocenters. The Morgan fingerprint density at radius 2 is 1.12 bits per heavy atom. The molecule has 1 amide bonds. The Kier molecular flexibility index (Phi) is 6.06. The summed E-state index contributed by atoms with van der Waals surface area (Å²) in [5, 5.41) is 7.26. The Morgan fingerprint density at radius 3 is 1.47 bits per heavy atom. The largest absolute Gasteiger partial charge is 0.322 e. The van der Waals surface area contributed by atoms with Gasteiger partial charge in [0.05, 0.1) is 0 Å². The molecule has 0 aromatic heterocycles. The first kappa shape index (κ1) is 22.8. The van der Waals surface area contributed by atoms with E-state index in [4.69, 9.17) is 11.6 Å². The lowest BCUT2D eigenvalue weighted by atomic mass is 10.1. The van der Waals surface area contributed by atoms with E-state index in [1.165, 1.54) is 15.9 Å². The van der Waals surface area contributed by atoms with Gasteiger partial charge in [-0.25, -0.2) is 0 Å². The summed E-state index contributed by atoms with van der Waals surface area (Å²) >= 11 is 6.27. The van der Waals surface area contributed by atoms with E-state index in [9.17, 15) is 4.79 Å². The molecule has 170 valence electrons. The van der Waals surface area contributed by atoms with Gasteiger partial charge in [-0.15, -0.1) is 0 Å². The summed E-state index contributed by atoms with van der Waals surface area (Å²) in [4.78, 5) is 14.3. The average Bonchev–Trinajstić information content (AvgIpc) is 3.66. The molecule has 1 N–H and O–H groups in total. The number of benzene rings is 4. The van der Waals surface area contributed by atoms with Gasteiger partial charge in [0.25, 0.3) is 5.91 Å². The summed E-state index contributed by atoms with van der Waals surface area (Å²) in [5.74, 6) is 0.103. The highest BCUT2D eigenvalue weighted by Gasteiger charge is 2.73. The Morgan fingerprint density at radius 1 is 0.735 bits per heavy atom. The molecule has 0 aliphatic heterocycles. The second kappa shape index (κ2) is 9.02. The van der Waals surface area contributed by atoms with Crippen molar-refractivity contribution in [2.45, 2.75) is 31.8 Å². The molecule has 34 heavy (non-hydrogen) atoms. The molecular weight excluding hydrogens is 457 g/mol. The quantitative estimate of drug-likeness (QED) is 0.314. The third kappa shape index (κ3) is 3.66. The van der Waals surface area contributed by atoms with Crippen LogP contribution in [0.4, 0.5) is 5.69 Å². The first-order valence-corrected chi connectivity index (χ1v) is 13.8. The molecule has 0 saturated heterocycles. The zero-order valence-corrected chi connectivity index (χ0v) is 21.1. The van der Waals surface area contributed by atoms with Gasteiger partial charge in [-0.05, 0) is 73.5 Å². The van der Waals surface area contributed by atoms with Gasteiger partial charge >= 0.3 is 0 Å².